The Balaban J connectivity index is 1.29. The van der Waals surface area contributed by atoms with Gasteiger partial charge in [-0.1, -0.05) is 66.2 Å². The molecule has 0 saturated carbocycles. The van der Waals surface area contributed by atoms with Crippen LogP contribution in [0.4, 0.5) is 4.79 Å². The van der Waals surface area contributed by atoms with Crippen molar-refractivity contribution in [2.75, 3.05) is 20.3 Å². The Kier molecular flexibility index (Phi) is 7.18. The highest BCUT2D eigenvalue weighted by Gasteiger charge is 2.29. The summed E-state index contributed by atoms with van der Waals surface area (Å²) >= 11 is 5.95. The highest BCUT2D eigenvalue weighted by Crippen LogP contribution is 2.44. The van der Waals surface area contributed by atoms with Gasteiger partial charge < -0.3 is 25.0 Å². The van der Waals surface area contributed by atoms with Gasteiger partial charge in [0, 0.05) is 23.0 Å². The standard InChI is InChI=1S/C26H26ClNO5/c1-32-24-14-16(27)10-11-21(24)25(30)23(29)12-13-28-26(31)33-15-22-19-8-4-2-6-17(19)18-7-3-5-9-20(18)22/h2-11,14,22-23,25,29-30H,12-13,15H2,1H3,(H,28,31). The van der Waals surface area contributed by atoms with E-state index in [0.29, 0.717) is 16.3 Å². The summed E-state index contributed by atoms with van der Waals surface area (Å²) < 4.78 is 10.7. The topological polar surface area (TPSA) is 88.0 Å². The van der Waals surface area contributed by atoms with Crippen LogP contribution in [0.1, 0.15) is 35.1 Å². The van der Waals surface area contributed by atoms with E-state index in [0.717, 1.165) is 22.3 Å². The van der Waals surface area contributed by atoms with Crippen molar-refractivity contribution in [1.29, 1.82) is 0 Å². The Labute approximate surface area is 197 Å². The van der Waals surface area contributed by atoms with Crippen LogP contribution < -0.4 is 10.1 Å². The molecule has 6 nitrogen and oxygen atoms in total. The van der Waals surface area contributed by atoms with Gasteiger partial charge in [0.2, 0.25) is 0 Å². The van der Waals surface area contributed by atoms with E-state index in [2.05, 4.69) is 29.6 Å². The lowest BCUT2D eigenvalue weighted by Crippen LogP contribution is -2.30. The number of hydrogen-bond acceptors (Lipinski definition) is 5. The first-order valence-electron chi connectivity index (χ1n) is 10.8. The molecule has 0 spiro atoms. The number of alkyl carbamates (subject to hydrolysis) is 1. The van der Waals surface area contributed by atoms with Crippen LogP contribution in [0.25, 0.3) is 11.1 Å². The zero-order chi connectivity index (χ0) is 23.4. The lowest BCUT2D eigenvalue weighted by Gasteiger charge is -2.20. The number of rotatable bonds is 8. The quantitative estimate of drug-likeness (QED) is 0.448. The van der Waals surface area contributed by atoms with E-state index in [1.54, 1.807) is 18.2 Å². The van der Waals surface area contributed by atoms with Crippen molar-refractivity contribution in [3.8, 4) is 16.9 Å². The second kappa shape index (κ2) is 10.3. The maximum Gasteiger partial charge on any atom is 0.407 e. The monoisotopic (exact) mass is 467 g/mol. The summed E-state index contributed by atoms with van der Waals surface area (Å²) in [6, 6.07) is 21.1. The summed E-state index contributed by atoms with van der Waals surface area (Å²) in [5.74, 6) is 0.367. The summed E-state index contributed by atoms with van der Waals surface area (Å²) in [7, 11) is 1.47. The number of ether oxygens (including phenoxy) is 2. The van der Waals surface area contributed by atoms with Crippen molar-refractivity contribution in [2.24, 2.45) is 0 Å². The number of methoxy groups -OCH3 is 1. The number of halogens is 1. The van der Waals surface area contributed by atoms with Crippen LogP contribution in [0.3, 0.4) is 0 Å². The minimum atomic E-state index is -1.18. The molecule has 3 aromatic carbocycles. The molecule has 0 aliphatic heterocycles. The van der Waals surface area contributed by atoms with Crippen molar-refractivity contribution >= 4 is 17.7 Å². The van der Waals surface area contributed by atoms with Gasteiger partial charge in [-0.05, 0) is 40.8 Å². The van der Waals surface area contributed by atoms with Crippen LogP contribution >= 0.6 is 11.6 Å². The first-order chi connectivity index (χ1) is 16.0. The summed E-state index contributed by atoms with van der Waals surface area (Å²) in [4.78, 5) is 12.3. The van der Waals surface area contributed by atoms with Gasteiger partial charge in [0.1, 0.15) is 18.5 Å². The second-order valence-electron chi connectivity index (χ2n) is 7.94. The van der Waals surface area contributed by atoms with Gasteiger partial charge in [-0.2, -0.15) is 0 Å². The van der Waals surface area contributed by atoms with Crippen LogP contribution in [0.15, 0.2) is 66.7 Å². The average molecular weight is 468 g/mol. The second-order valence-corrected chi connectivity index (χ2v) is 8.38. The SMILES string of the molecule is COc1cc(Cl)ccc1C(O)C(O)CCNC(=O)OCC1c2ccccc2-c2ccccc21. The first kappa shape index (κ1) is 23.1. The summed E-state index contributed by atoms with van der Waals surface area (Å²) in [5, 5.41) is 23.9. The van der Waals surface area contributed by atoms with E-state index in [9.17, 15) is 15.0 Å². The number of benzene rings is 3. The molecule has 4 rings (SSSR count). The molecule has 2 unspecified atom stereocenters. The fraction of sp³-hybridized carbons (Fsp3) is 0.269. The predicted octanol–water partition coefficient (Wildman–Crippen LogP) is 4.67. The molecule has 2 atom stereocenters. The number of nitrogens with one attached hydrogen (secondary N) is 1. The van der Waals surface area contributed by atoms with Crippen LogP contribution in [-0.2, 0) is 4.74 Å². The van der Waals surface area contributed by atoms with Gasteiger partial charge >= 0.3 is 6.09 Å². The highest BCUT2D eigenvalue weighted by molar-refractivity contribution is 6.30. The number of hydrogen-bond donors (Lipinski definition) is 3. The molecule has 7 heteroatoms. The molecule has 1 amide bonds. The number of aliphatic hydroxyl groups excluding tert-OH is 2. The Hall–Kier alpha value is -3.06. The van der Waals surface area contributed by atoms with E-state index in [-0.39, 0.29) is 25.5 Å². The summed E-state index contributed by atoms with van der Waals surface area (Å²) in [6.45, 7) is 0.359. The van der Waals surface area contributed by atoms with E-state index < -0.39 is 18.3 Å². The van der Waals surface area contributed by atoms with Gasteiger partial charge in [-0.25, -0.2) is 4.79 Å². The third kappa shape index (κ3) is 4.98. The molecule has 33 heavy (non-hydrogen) atoms. The van der Waals surface area contributed by atoms with E-state index in [1.165, 1.54) is 7.11 Å². The predicted molar refractivity (Wildman–Crippen MR) is 127 cm³/mol. The summed E-state index contributed by atoms with van der Waals surface area (Å²) in [5.41, 5.74) is 5.04. The lowest BCUT2D eigenvalue weighted by molar-refractivity contribution is 0.0123. The molecular formula is C26H26ClNO5. The van der Waals surface area contributed by atoms with Gasteiger partial charge in [-0.3, -0.25) is 0 Å². The molecule has 0 radical (unpaired) electrons. The smallest absolute Gasteiger partial charge is 0.407 e. The number of carbonyl (C=O) groups is 1. The fourth-order valence-corrected chi connectivity index (χ4v) is 4.43. The largest absolute Gasteiger partial charge is 0.496 e. The molecule has 3 aromatic rings. The van der Waals surface area contributed by atoms with Crippen LogP contribution in [0.2, 0.25) is 5.02 Å². The molecule has 0 bridgehead atoms. The third-order valence-electron chi connectivity index (χ3n) is 5.93. The molecule has 1 aliphatic carbocycles. The number of fused-ring (bicyclic) bond motifs is 3. The van der Waals surface area contributed by atoms with Gasteiger partial charge in [0.05, 0.1) is 13.2 Å². The minimum Gasteiger partial charge on any atom is -0.496 e. The molecule has 0 saturated heterocycles. The Morgan fingerprint density at radius 1 is 1.03 bits per heavy atom. The molecular weight excluding hydrogens is 442 g/mol. The van der Waals surface area contributed by atoms with Crippen molar-refractivity contribution in [3.05, 3.63) is 88.4 Å². The van der Waals surface area contributed by atoms with Crippen molar-refractivity contribution < 1.29 is 24.5 Å². The Bertz CT molecular complexity index is 1090. The number of carbonyl (C=O) groups excluding carboxylic acids is 1. The Morgan fingerprint density at radius 2 is 1.67 bits per heavy atom. The maximum absolute atomic E-state index is 12.3. The molecule has 0 fully saturated rings. The normalized spacial score (nSPS) is 14.2. The van der Waals surface area contributed by atoms with Gasteiger partial charge in [-0.15, -0.1) is 0 Å². The maximum atomic E-state index is 12.3. The number of amides is 1. The van der Waals surface area contributed by atoms with Gasteiger partial charge in [0.15, 0.2) is 0 Å². The van der Waals surface area contributed by atoms with Crippen LogP contribution in [0, 0.1) is 0 Å². The first-order valence-corrected chi connectivity index (χ1v) is 11.2. The van der Waals surface area contributed by atoms with Crippen molar-refractivity contribution in [2.45, 2.75) is 24.5 Å². The molecule has 0 heterocycles. The van der Waals surface area contributed by atoms with Crippen LogP contribution in [0.5, 0.6) is 5.75 Å². The lowest BCUT2D eigenvalue weighted by atomic mass is 9.98. The van der Waals surface area contributed by atoms with E-state index >= 15 is 0 Å². The van der Waals surface area contributed by atoms with Crippen molar-refractivity contribution in [1.82, 2.24) is 5.32 Å². The Morgan fingerprint density at radius 3 is 2.30 bits per heavy atom. The third-order valence-corrected chi connectivity index (χ3v) is 6.17. The molecule has 3 N–H and O–H groups in total. The molecule has 172 valence electrons. The van der Waals surface area contributed by atoms with E-state index in [4.69, 9.17) is 21.1 Å². The minimum absolute atomic E-state index is 0.0204. The summed E-state index contributed by atoms with van der Waals surface area (Å²) in [6.07, 6.45) is -2.71. The van der Waals surface area contributed by atoms with Gasteiger partial charge in [0.25, 0.3) is 0 Å². The fourth-order valence-electron chi connectivity index (χ4n) is 4.27. The molecule has 1 aliphatic rings. The average Bonchev–Trinajstić information content (AvgIpc) is 3.16. The van der Waals surface area contributed by atoms with Crippen LogP contribution in [-0.4, -0.2) is 42.7 Å². The van der Waals surface area contributed by atoms with E-state index in [1.807, 2.05) is 24.3 Å². The number of aliphatic hydroxyl groups is 2. The zero-order valence-corrected chi connectivity index (χ0v) is 19.0. The van der Waals surface area contributed by atoms with Crippen molar-refractivity contribution in [3.63, 3.8) is 0 Å². The highest BCUT2D eigenvalue weighted by atomic mass is 35.5. The zero-order valence-electron chi connectivity index (χ0n) is 18.2. The molecule has 0 aromatic heterocycles.